The van der Waals surface area contributed by atoms with Crippen molar-refractivity contribution in [1.29, 1.82) is 0 Å². The van der Waals surface area contributed by atoms with E-state index in [4.69, 9.17) is 0 Å². The molecule has 1 heterocycles. The number of likely N-dealkylation sites (N-methyl/N-ethyl adjacent to an activating group) is 1. The molecule has 0 aromatic rings. The second-order valence-electron chi connectivity index (χ2n) is 4.22. The molecule has 13 heavy (non-hydrogen) atoms. The Bertz CT molecular complexity index is 180. The lowest BCUT2D eigenvalue weighted by atomic mass is 9.99. The van der Waals surface area contributed by atoms with Crippen LogP contribution in [0.1, 0.15) is 13.3 Å². The maximum atomic E-state index is 11.2. The molecular formula is C10H20N2O. The number of hydrogen-bond acceptors (Lipinski definition) is 3. The molecular weight excluding hydrogens is 164 g/mol. The van der Waals surface area contributed by atoms with E-state index in [-0.39, 0.29) is 5.92 Å². The molecule has 3 nitrogen and oxygen atoms in total. The van der Waals surface area contributed by atoms with Crippen LogP contribution < -0.4 is 0 Å². The molecule has 3 heteroatoms. The first-order chi connectivity index (χ1) is 6.09. The van der Waals surface area contributed by atoms with E-state index >= 15 is 0 Å². The van der Waals surface area contributed by atoms with Crippen molar-refractivity contribution < 1.29 is 4.79 Å². The Labute approximate surface area is 80.7 Å². The van der Waals surface area contributed by atoms with E-state index < -0.39 is 0 Å². The number of rotatable bonds is 3. The van der Waals surface area contributed by atoms with Gasteiger partial charge in [0.2, 0.25) is 0 Å². The third-order valence-electron chi connectivity index (χ3n) is 2.62. The lowest BCUT2D eigenvalue weighted by molar-refractivity contribution is -0.125. The molecule has 0 aromatic heterocycles. The molecule has 76 valence electrons. The molecule has 1 saturated heterocycles. The number of likely N-dealkylation sites (tertiary alicyclic amines) is 1. The van der Waals surface area contributed by atoms with Crippen LogP contribution >= 0.6 is 0 Å². The van der Waals surface area contributed by atoms with Gasteiger partial charge < -0.3 is 9.80 Å². The highest BCUT2D eigenvalue weighted by Crippen LogP contribution is 2.11. The van der Waals surface area contributed by atoms with Crippen LogP contribution in [0.25, 0.3) is 0 Å². The molecule has 0 aromatic carbocycles. The van der Waals surface area contributed by atoms with Crippen LogP contribution in [-0.4, -0.2) is 55.9 Å². The Hall–Kier alpha value is -0.410. The fourth-order valence-corrected chi connectivity index (χ4v) is 1.64. The molecule has 1 unspecified atom stereocenters. The molecule has 1 aliphatic rings. The van der Waals surface area contributed by atoms with Crippen molar-refractivity contribution in [2.75, 3.05) is 40.3 Å². The van der Waals surface area contributed by atoms with Crippen molar-refractivity contribution in [3.63, 3.8) is 0 Å². The summed E-state index contributed by atoms with van der Waals surface area (Å²) in [5.74, 6) is 0.678. The standard InChI is InChI=1S/C10H20N2O/c1-9-8-12(5-4-10(9)13)7-6-11(2)3/h9H,4-8H2,1-3H3. The van der Waals surface area contributed by atoms with Gasteiger partial charge >= 0.3 is 0 Å². The number of piperidine rings is 1. The van der Waals surface area contributed by atoms with E-state index in [2.05, 4.69) is 23.9 Å². The summed E-state index contributed by atoms with van der Waals surface area (Å²) in [6.45, 7) is 6.11. The first kappa shape index (κ1) is 10.7. The van der Waals surface area contributed by atoms with Gasteiger partial charge in [-0.1, -0.05) is 6.92 Å². The highest BCUT2D eigenvalue weighted by Gasteiger charge is 2.22. The maximum absolute atomic E-state index is 11.2. The van der Waals surface area contributed by atoms with Crippen molar-refractivity contribution >= 4 is 5.78 Å². The quantitative estimate of drug-likeness (QED) is 0.636. The Kier molecular flexibility index (Phi) is 3.88. The molecule has 1 rings (SSSR count). The predicted octanol–water partition coefficient (Wildman–Crippen LogP) is 0.459. The lowest BCUT2D eigenvalue weighted by Crippen LogP contribution is -2.42. The summed E-state index contributed by atoms with van der Waals surface area (Å²) in [6, 6.07) is 0. The second kappa shape index (κ2) is 4.72. The van der Waals surface area contributed by atoms with Gasteiger partial charge in [0, 0.05) is 38.5 Å². The summed E-state index contributed by atoms with van der Waals surface area (Å²) in [4.78, 5) is 15.8. The zero-order valence-corrected chi connectivity index (χ0v) is 8.92. The van der Waals surface area contributed by atoms with Gasteiger partial charge in [0.1, 0.15) is 5.78 Å². The molecule has 0 spiro atoms. The lowest BCUT2D eigenvalue weighted by Gasteiger charge is -2.30. The van der Waals surface area contributed by atoms with Crippen LogP contribution in [-0.2, 0) is 4.79 Å². The molecule has 0 saturated carbocycles. The molecule has 0 amide bonds. The van der Waals surface area contributed by atoms with Gasteiger partial charge in [0.15, 0.2) is 0 Å². The average Bonchev–Trinajstić information content (AvgIpc) is 2.07. The molecule has 0 bridgehead atoms. The molecule has 1 atom stereocenters. The number of nitrogens with zero attached hydrogens (tertiary/aromatic N) is 2. The van der Waals surface area contributed by atoms with Gasteiger partial charge in [0.05, 0.1) is 0 Å². The Balaban J connectivity index is 2.25. The summed E-state index contributed by atoms with van der Waals surface area (Å²) < 4.78 is 0. The monoisotopic (exact) mass is 184 g/mol. The third-order valence-corrected chi connectivity index (χ3v) is 2.62. The van der Waals surface area contributed by atoms with E-state index in [1.807, 2.05) is 6.92 Å². The van der Waals surface area contributed by atoms with Crippen LogP contribution in [0.2, 0.25) is 0 Å². The van der Waals surface area contributed by atoms with Crippen LogP contribution in [0, 0.1) is 5.92 Å². The van der Waals surface area contributed by atoms with Gasteiger partial charge in [-0.25, -0.2) is 0 Å². The van der Waals surface area contributed by atoms with E-state index in [9.17, 15) is 4.79 Å². The smallest absolute Gasteiger partial charge is 0.138 e. The molecule has 1 aliphatic heterocycles. The topological polar surface area (TPSA) is 23.6 Å². The second-order valence-corrected chi connectivity index (χ2v) is 4.22. The largest absolute Gasteiger partial charge is 0.308 e. The van der Waals surface area contributed by atoms with Crippen molar-refractivity contribution in [2.45, 2.75) is 13.3 Å². The fourth-order valence-electron chi connectivity index (χ4n) is 1.64. The minimum atomic E-state index is 0.246. The van der Waals surface area contributed by atoms with Crippen LogP contribution in [0.3, 0.4) is 0 Å². The van der Waals surface area contributed by atoms with Gasteiger partial charge in [-0.05, 0) is 14.1 Å². The summed E-state index contributed by atoms with van der Waals surface area (Å²) in [5, 5.41) is 0. The first-order valence-electron chi connectivity index (χ1n) is 4.99. The van der Waals surface area contributed by atoms with Crippen molar-refractivity contribution in [3.05, 3.63) is 0 Å². The number of Topliss-reactive ketones (excluding diaryl/α,β-unsaturated/α-hetero) is 1. The van der Waals surface area contributed by atoms with E-state index in [0.717, 1.165) is 32.6 Å². The summed E-state index contributed by atoms with van der Waals surface area (Å²) >= 11 is 0. The number of carbonyl (C=O) groups excluding carboxylic acids is 1. The van der Waals surface area contributed by atoms with Crippen molar-refractivity contribution in [2.24, 2.45) is 5.92 Å². The van der Waals surface area contributed by atoms with Gasteiger partial charge in [-0.3, -0.25) is 4.79 Å². The van der Waals surface area contributed by atoms with Crippen LogP contribution in [0.5, 0.6) is 0 Å². The number of carbonyl (C=O) groups is 1. The van der Waals surface area contributed by atoms with E-state index in [0.29, 0.717) is 5.78 Å². The van der Waals surface area contributed by atoms with E-state index in [1.165, 1.54) is 0 Å². The SMILES string of the molecule is CC1CN(CCN(C)C)CCC1=O. The van der Waals surface area contributed by atoms with E-state index in [1.54, 1.807) is 0 Å². The van der Waals surface area contributed by atoms with Gasteiger partial charge in [0.25, 0.3) is 0 Å². The minimum absolute atomic E-state index is 0.246. The molecule has 1 fully saturated rings. The number of hydrogen-bond donors (Lipinski definition) is 0. The van der Waals surface area contributed by atoms with Crippen LogP contribution in [0.15, 0.2) is 0 Å². The zero-order valence-electron chi connectivity index (χ0n) is 8.92. The maximum Gasteiger partial charge on any atom is 0.138 e. The number of ketones is 1. The third kappa shape index (κ3) is 3.44. The highest BCUT2D eigenvalue weighted by molar-refractivity contribution is 5.81. The molecule has 0 radical (unpaired) electrons. The minimum Gasteiger partial charge on any atom is -0.308 e. The van der Waals surface area contributed by atoms with Gasteiger partial charge in [-0.15, -0.1) is 0 Å². The normalized spacial score (nSPS) is 25.5. The predicted molar refractivity (Wildman–Crippen MR) is 53.8 cm³/mol. The molecule has 0 N–H and O–H groups in total. The Morgan fingerprint density at radius 2 is 2.23 bits per heavy atom. The fraction of sp³-hybridized carbons (Fsp3) is 0.900. The average molecular weight is 184 g/mol. The summed E-state index contributed by atoms with van der Waals surface area (Å²) in [7, 11) is 4.16. The van der Waals surface area contributed by atoms with Crippen molar-refractivity contribution in [1.82, 2.24) is 9.80 Å². The Morgan fingerprint density at radius 1 is 1.54 bits per heavy atom. The first-order valence-corrected chi connectivity index (χ1v) is 4.99. The van der Waals surface area contributed by atoms with Gasteiger partial charge in [-0.2, -0.15) is 0 Å². The highest BCUT2D eigenvalue weighted by atomic mass is 16.1. The Morgan fingerprint density at radius 3 is 2.77 bits per heavy atom. The molecule has 0 aliphatic carbocycles. The summed E-state index contributed by atoms with van der Waals surface area (Å²) in [6.07, 6.45) is 0.745. The zero-order chi connectivity index (χ0) is 9.84. The van der Waals surface area contributed by atoms with Crippen LogP contribution in [0.4, 0.5) is 0 Å². The summed E-state index contributed by atoms with van der Waals surface area (Å²) in [5.41, 5.74) is 0. The van der Waals surface area contributed by atoms with Crippen molar-refractivity contribution in [3.8, 4) is 0 Å².